The Balaban J connectivity index is 2.12. The molecule has 0 aliphatic rings. The van der Waals surface area contributed by atoms with Crippen LogP contribution in [0.1, 0.15) is 18.9 Å². The highest BCUT2D eigenvalue weighted by Crippen LogP contribution is 2.17. The normalized spacial score (nSPS) is 10.6. The van der Waals surface area contributed by atoms with Crippen molar-refractivity contribution >= 4 is 33.2 Å². The second kappa shape index (κ2) is 6.90. The molecule has 0 amide bonds. The highest BCUT2D eigenvalue weighted by molar-refractivity contribution is 9.10. The number of rotatable bonds is 5. The molecule has 1 aromatic carbocycles. The number of anilines is 1. The van der Waals surface area contributed by atoms with Crippen LogP contribution in [0.3, 0.4) is 0 Å². The van der Waals surface area contributed by atoms with E-state index in [0.717, 1.165) is 16.5 Å². The Hall–Kier alpha value is -1.33. The minimum Gasteiger partial charge on any atom is -0.378 e. The van der Waals surface area contributed by atoms with E-state index in [0.29, 0.717) is 18.8 Å². The van der Waals surface area contributed by atoms with E-state index in [4.69, 9.17) is 11.6 Å². The van der Waals surface area contributed by atoms with Gasteiger partial charge in [-0.2, -0.15) is 5.10 Å². The molecule has 2 aromatic rings. The highest BCUT2D eigenvalue weighted by atomic mass is 79.9. The van der Waals surface area contributed by atoms with Gasteiger partial charge in [0.2, 0.25) is 0 Å². The number of hydrogen-bond donors (Lipinski definition) is 1. The van der Waals surface area contributed by atoms with Crippen molar-refractivity contribution in [1.82, 2.24) is 9.78 Å². The predicted octanol–water partition coefficient (Wildman–Crippen LogP) is 3.68. The topological polar surface area (TPSA) is 46.9 Å². The molecule has 0 radical (unpaired) electrons. The van der Waals surface area contributed by atoms with Gasteiger partial charge in [0.15, 0.2) is 0 Å². The lowest BCUT2D eigenvalue weighted by atomic mass is 10.2. The van der Waals surface area contributed by atoms with Crippen LogP contribution < -0.4 is 10.9 Å². The Kier molecular flexibility index (Phi) is 5.20. The third-order valence-corrected chi connectivity index (χ3v) is 3.71. The summed E-state index contributed by atoms with van der Waals surface area (Å²) in [6.07, 6.45) is 2.44. The molecule has 0 spiro atoms. The first-order chi connectivity index (χ1) is 9.61. The average molecular weight is 357 g/mol. The van der Waals surface area contributed by atoms with Gasteiger partial charge in [-0.25, -0.2) is 4.68 Å². The molecule has 20 heavy (non-hydrogen) atoms. The number of nitrogens with one attached hydrogen (secondary N) is 1. The zero-order valence-electron chi connectivity index (χ0n) is 11.1. The summed E-state index contributed by atoms with van der Waals surface area (Å²) in [6.45, 7) is 3.15. The molecule has 1 heterocycles. The fraction of sp³-hybridized carbons (Fsp3) is 0.286. The lowest BCUT2D eigenvalue weighted by Crippen LogP contribution is -2.24. The van der Waals surface area contributed by atoms with Crippen LogP contribution in [-0.2, 0) is 13.1 Å². The van der Waals surface area contributed by atoms with Crippen LogP contribution in [-0.4, -0.2) is 9.78 Å². The summed E-state index contributed by atoms with van der Waals surface area (Å²) in [7, 11) is 0. The van der Waals surface area contributed by atoms with Gasteiger partial charge in [-0.3, -0.25) is 4.79 Å². The van der Waals surface area contributed by atoms with Gasteiger partial charge in [-0.1, -0.05) is 46.6 Å². The Morgan fingerprint density at radius 3 is 2.70 bits per heavy atom. The van der Waals surface area contributed by atoms with Gasteiger partial charge >= 0.3 is 0 Å². The van der Waals surface area contributed by atoms with E-state index in [1.165, 1.54) is 4.68 Å². The molecule has 0 saturated carbocycles. The molecule has 0 fully saturated rings. The van der Waals surface area contributed by atoms with E-state index in [9.17, 15) is 4.79 Å². The van der Waals surface area contributed by atoms with Crippen molar-refractivity contribution in [2.45, 2.75) is 26.4 Å². The van der Waals surface area contributed by atoms with E-state index in [2.05, 4.69) is 26.3 Å². The van der Waals surface area contributed by atoms with Crippen LogP contribution in [0, 0.1) is 0 Å². The van der Waals surface area contributed by atoms with Crippen molar-refractivity contribution in [2.75, 3.05) is 5.32 Å². The first-order valence-corrected chi connectivity index (χ1v) is 7.53. The van der Waals surface area contributed by atoms with Gasteiger partial charge < -0.3 is 5.32 Å². The molecule has 1 N–H and O–H groups in total. The Morgan fingerprint density at radius 1 is 1.35 bits per heavy atom. The van der Waals surface area contributed by atoms with Crippen molar-refractivity contribution in [3.63, 3.8) is 0 Å². The summed E-state index contributed by atoms with van der Waals surface area (Å²) in [4.78, 5) is 12.0. The standard InChI is InChI=1S/C14H15BrClN3O/c1-2-7-19-14(20)13(16)12(9-18-19)17-8-10-3-5-11(15)6-4-10/h3-6,9,17H,2,7-8H2,1H3. The van der Waals surface area contributed by atoms with Crippen LogP contribution in [0.15, 0.2) is 39.7 Å². The minimum atomic E-state index is -0.255. The Bertz CT molecular complexity index is 640. The van der Waals surface area contributed by atoms with Crippen LogP contribution in [0.5, 0.6) is 0 Å². The summed E-state index contributed by atoms with van der Waals surface area (Å²) in [5, 5.41) is 7.43. The molecule has 0 aliphatic heterocycles. The molecule has 0 aliphatic carbocycles. The number of halogens is 2. The number of benzene rings is 1. The average Bonchev–Trinajstić information content (AvgIpc) is 2.45. The lowest BCUT2D eigenvalue weighted by Gasteiger charge is -2.10. The summed E-state index contributed by atoms with van der Waals surface area (Å²) >= 11 is 9.47. The molecule has 1 aromatic heterocycles. The smallest absolute Gasteiger partial charge is 0.287 e. The predicted molar refractivity (Wildman–Crippen MR) is 85.3 cm³/mol. The molecule has 6 heteroatoms. The van der Waals surface area contributed by atoms with E-state index in [-0.39, 0.29) is 10.6 Å². The maximum Gasteiger partial charge on any atom is 0.287 e. The van der Waals surface area contributed by atoms with Crippen molar-refractivity contribution in [3.8, 4) is 0 Å². The fourth-order valence-electron chi connectivity index (χ4n) is 1.76. The minimum absolute atomic E-state index is 0.186. The number of aromatic nitrogens is 2. The van der Waals surface area contributed by atoms with Gasteiger partial charge in [0.05, 0.1) is 11.9 Å². The van der Waals surface area contributed by atoms with E-state index in [1.807, 2.05) is 31.2 Å². The van der Waals surface area contributed by atoms with E-state index in [1.54, 1.807) is 6.20 Å². The van der Waals surface area contributed by atoms with Crippen molar-refractivity contribution in [3.05, 3.63) is 55.9 Å². The molecular formula is C14H15BrClN3O. The van der Waals surface area contributed by atoms with E-state index >= 15 is 0 Å². The third kappa shape index (κ3) is 3.61. The SMILES string of the molecule is CCCn1ncc(NCc2ccc(Br)cc2)c(Cl)c1=O. The summed E-state index contributed by atoms with van der Waals surface area (Å²) in [6, 6.07) is 7.93. The van der Waals surface area contributed by atoms with Crippen LogP contribution >= 0.6 is 27.5 Å². The summed E-state index contributed by atoms with van der Waals surface area (Å²) in [5.41, 5.74) is 1.41. The quantitative estimate of drug-likeness (QED) is 0.889. The number of aryl methyl sites for hydroxylation is 1. The monoisotopic (exact) mass is 355 g/mol. The molecule has 4 nitrogen and oxygen atoms in total. The number of hydrogen-bond acceptors (Lipinski definition) is 3. The fourth-order valence-corrected chi connectivity index (χ4v) is 2.24. The van der Waals surface area contributed by atoms with Crippen molar-refractivity contribution < 1.29 is 0 Å². The van der Waals surface area contributed by atoms with Gasteiger partial charge in [-0.05, 0) is 24.1 Å². The maximum absolute atomic E-state index is 12.0. The summed E-state index contributed by atoms with van der Waals surface area (Å²) < 4.78 is 2.41. The van der Waals surface area contributed by atoms with Gasteiger partial charge in [0.1, 0.15) is 5.02 Å². The van der Waals surface area contributed by atoms with Crippen LogP contribution in [0.2, 0.25) is 5.02 Å². The molecule has 0 atom stereocenters. The summed E-state index contributed by atoms with van der Waals surface area (Å²) in [5.74, 6) is 0. The lowest BCUT2D eigenvalue weighted by molar-refractivity contribution is 0.568. The van der Waals surface area contributed by atoms with Crippen molar-refractivity contribution in [1.29, 1.82) is 0 Å². The Morgan fingerprint density at radius 2 is 2.05 bits per heavy atom. The first kappa shape index (κ1) is 15.1. The molecule has 0 unspecified atom stereocenters. The van der Waals surface area contributed by atoms with Gasteiger partial charge in [0.25, 0.3) is 5.56 Å². The zero-order chi connectivity index (χ0) is 14.5. The zero-order valence-corrected chi connectivity index (χ0v) is 13.4. The second-order valence-electron chi connectivity index (χ2n) is 4.38. The van der Waals surface area contributed by atoms with E-state index < -0.39 is 0 Å². The Labute approximate surface area is 130 Å². The van der Waals surface area contributed by atoms with Crippen molar-refractivity contribution in [2.24, 2.45) is 0 Å². The van der Waals surface area contributed by atoms with Gasteiger partial charge in [-0.15, -0.1) is 0 Å². The first-order valence-electron chi connectivity index (χ1n) is 6.35. The second-order valence-corrected chi connectivity index (χ2v) is 5.67. The molecular weight excluding hydrogens is 342 g/mol. The molecule has 106 valence electrons. The maximum atomic E-state index is 12.0. The molecule has 0 bridgehead atoms. The molecule has 0 saturated heterocycles. The largest absolute Gasteiger partial charge is 0.378 e. The van der Waals surface area contributed by atoms with Gasteiger partial charge in [0, 0.05) is 17.6 Å². The molecule has 2 rings (SSSR count). The van der Waals surface area contributed by atoms with Crippen LogP contribution in [0.25, 0.3) is 0 Å². The van der Waals surface area contributed by atoms with Crippen LogP contribution in [0.4, 0.5) is 5.69 Å². The number of nitrogens with zero attached hydrogens (tertiary/aromatic N) is 2. The third-order valence-electron chi connectivity index (χ3n) is 2.82. The highest BCUT2D eigenvalue weighted by Gasteiger charge is 2.08.